The summed E-state index contributed by atoms with van der Waals surface area (Å²) in [6, 6.07) is 116. The van der Waals surface area contributed by atoms with Crippen molar-refractivity contribution in [2.24, 2.45) is 0 Å². The van der Waals surface area contributed by atoms with Crippen LogP contribution in [-0.2, 0) is 0 Å². The predicted octanol–water partition coefficient (Wildman–Crippen LogP) is 27.5. The van der Waals surface area contributed by atoms with Crippen molar-refractivity contribution >= 4 is 182 Å². The maximum absolute atomic E-state index is 6.43. The summed E-state index contributed by atoms with van der Waals surface area (Å²) in [5.41, 5.74) is 19.7. The van der Waals surface area contributed by atoms with Gasteiger partial charge in [0.15, 0.2) is 0 Å². The molecule has 22 aromatic rings. The first-order chi connectivity index (χ1) is 50.9. The van der Waals surface area contributed by atoms with E-state index in [0.717, 1.165) is 87.0 Å². The van der Waals surface area contributed by atoms with E-state index in [0.29, 0.717) is 5.95 Å². The third-order valence-electron chi connectivity index (χ3n) is 19.6. The van der Waals surface area contributed by atoms with Crippen molar-refractivity contribution in [3.05, 3.63) is 333 Å². The van der Waals surface area contributed by atoms with Crippen LogP contribution in [0.5, 0.6) is 0 Å². The number of hydrogen-bond donors (Lipinski definition) is 1. The van der Waals surface area contributed by atoms with Gasteiger partial charge in [-0.2, -0.15) is 0 Å². The van der Waals surface area contributed by atoms with Gasteiger partial charge in [-0.15, -0.1) is 45.3 Å². The van der Waals surface area contributed by atoms with Gasteiger partial charge in [0.1, 0.15) is 0 Å². The van der Waals surface area contributed by atoms with Crippen molar-refractivity contribution in [3.8, 4) is 73.0 Å². The van der Waals surface area contributed by atoms with E-state index in [4.69, 9.17) is 26.6 Å². The minimum Gasteiger partial charge on any atom is -0.354 e. The van der Waals surface area contributed by atoms with Crippen molar-refractivity contribution in [2.45, 2.75) is 0 Å². The molecule has 484 valence electrons. The van der Waals surface area contributed by atoms with Gasteiger partial charge >= 0.3 is 0 Å². The van der Waals surface area contributed by atoms with Crippen LogP contribution in [0.1, 0.15) is 0 Å². The Hall–Kier alpha value is -12.0. The standard InChI is InChI=1S/C46H27N3S2.C28H17ClN2S.C18H11NS/c1-3-13-28(14-4-1)30-23-31(29-15-5-2-6-16-29)25-32(24-30)43-45-44(35-19-9-12-22-41(35)51-45)48-46(47-43)49-38-20-10-7-17-33(38)36-27-42-37(26-39(36)49)34-18-8-11-21-40(34)50-42;29-28-30-25(27-26(31-28)23-13-7-8-14-24(23)32-27)22-16-20(18-9-3-1-4-10-18)15-21(17-22)19-11-5-2-6-12-19;1-3-7-15-11(5-1)13-10-18-14(9-16(13)19-15)12-6-2-4-8-17(12)20-18/h1-27H;1-17H;1-10,19H. The maximum Gasteiger partial charge on any atom is 0.235 e. The van der Waals surface area contributed by atoms with E-state index in [9.17, 15) is 0 Å². The molecule has 0 amide bonds. The Bertz CT molecular complexity index is 6870. The lowest BCUT2D eigenvalue weighted by molar-refractivity contribution is 1.02. The first-order valence-corrected chi connectivity index (χ1v) is 37.8. The van der Waals surface area contributed by atoms with E-state index in [1.54, 1.807) is 22.7 Å². The molecule has 6 nitrogen and oxygen atoms in total. The van der Waals surface area contributed by atoms with E-state index < -0.39 is 0 Å². The minimum atomic E-state index is 0.266. The zero-order chi connectivity index (χ0) is 68.1. The van der Waals surface area contributed by atoms with Crippen molar-refractivity contribution in [1.82, 2.24) is 29.5 Å². The monoisotopic (exact) mass is 1410 g/mol. The molecule has 0 unspecified atom stereocenters. The molecule has 1 N–H and O–H groups in total. The van der Waals surface area contributed by atoms with Crippen LogP contribution in [0.4, 0.5) is 0 Å². The Morgan fingerprint density at radius 3 is 1.15 bits per heavy atom. The molecular formula is C92H55ClN6S4. The molecule has 0 aliphatic heterocycles. The zero-order valence-corrected chi connectivity index (χ0v) is 58.9. The SMILES string of the molecule is Clc1nc(-c2cc(-c3ccccc3)cc(-c3ccccc3)c2)c2sc3ccccc3c2n1.c1ccc(-c2cc(-c3ccccc3)cc(-c3nc(-n4c5ccccc5c5cc6sc7ccccc7c6cc54)nc4c3sc3ccccc34)c2)cc1.c1ccc2c(c1)[nH]c1cc3c(cc12)sc1ccccc13. The van der Waals surface area contributed by atoms with Gasteiger partial charge in [0.05, 0.1) is 42.9 Å². The summed E-state index contributed by atoms with van der Waals surface area (Å²) in [5.74, 6) is 0.678. The first-order valence-electron chi connectivity index (χ1n) is 34.2. The average molecular weight is 1410 g/mol. The van der Waals surface area contributed by atoms with Crippen LogP contribution in [0.25, 0.3) is 198 Å². The summed E-state index contributed by atoms with van der Waals surface area (Å²) >= 11 is 13.6. The molecule has 0 radical (unpaired) electrons. The summed E-state index contributed by atoms with van der Waals surface area (Å²) in [5, 5.41) is 12.8. The molecule has 0 fully saturated rings. The van der Waals surface area contributed by atoms with Crippen LogP contribution in [0.15, 0.2) is 328 Å². The maximum atomic E-state index is 6.43. The molecule has 0 aliphatic rings. The van der Waals surface area contributed by atoms with Gasteiger partial charge in [0, 0.05) is 104 Å². The topological polar surface area (TPSA) is 72.3 Å². The first kappa shape index (κ1) is 60.9. The van der Waals surface area contributed by atoms with Crippen LogP contribution >= 0.6 is 56.9 Å². The number of para-hydroxylation sites is 2. The van der Waals surface area contributed by atoms with Crippen LogP contribution in [-0.4, -0.2) is 29.5 Å². The Morgan fingerprint density at radius 1 is 0.243 bits per heavy atom. The molecule has 0 saturated heterocycles. The lowest BCUT2D eigenvalue weighted by Gasteiger charge is -2.13. The number of fused-ring (bicyclic) bond motifs is 18. The van der Waals surface area contributed by atoms with Gasteiger partial charge in [-0.05, 0) is 153 Å². The van der Waals surface area contributed by atoms with Crippen LogP contribution in [0.3, 0.4) is 0 Å². The molecule has 0 spiro atoms. The fourth-order valence-electron chi connectivity index (χ4n) is 14.8. The number of aromatic nitrogens is 6. The summed E-state index contributed by atoms with van der Waals surface area (Å²) in [7, 11) is 0. The summed E-state index contributed by atoms with van der Waals surface area (Å²) in [6.45, 7) is 0. The van der Waals surface area contributed by atoms with E-state index in [2.05, 4.69) is 324 Å². The highest BCUT2D eigenvalue weighted by Gasteiger charge is 2.24. The second-order valence-electron chi connectivity index (χ2n) is 25.8. The van der Waals surface area contributed by atoms with Gasteiger partial charge < -0.3 is 4.98 Å². The molecule has 8 aromatic heterocycles. The number of H-pyrrole nitrogens is 1. The third kappa shape index (κ3) is 10.8. The summed E-state index contributed by atoms with van der Waals surface area (Å²) in [4.78, 5) is 23.8. The van der Waals surface area contributed by atoms with Gasteiger partial charge in [0.2, 0.25) is 11.2 Å². The summed E-state index contributed by atoms with van der Waals surface area (Å²) in [6.07, 6.45) is 0. The molecule has 0 atom stereocenters. The number of rotatable bonds is 7. The number of aromatic amines is 1. The molecule has 0 aliphatic carbocycles. The fraction of sp³-hybridized carbons (Fsp3) is 0. The van der Waals surface area contributed by atoms with Crippen molar-refractivity contribution in [3.63, 3.8) is 0 Å². The lowest BCUT2D eigenvalue weighted by atomic mass is 9.95. The highest BCUT2D eigenvalue weighted by atomic mass is 35.5. The van der Waals surface area contributed by atoms with Gasteiger partial charge in [-0.1, -0.05) is 231 Å². The van der Waals surface area contributed by atoms with Crippen LogP contribution < -0.4 is 0 Å². The number of nitrogens with zero attached hydrogens (tertiary/aromatic N) is 5. The fourth-order valence-corrected chi connectivity index (χ4v) is 19.6. The molecule has 8 heterocycles. The smallest absolute Gasteiger partial charge is 0.235 e. The Kier molecular flexibility index (Phi) is 14.9. The number of hydrogen-bond acceptors (Lipinski definition) is 8. The van der Waals surface area contributed by atoms with Gasteiger partial charge in [-0.25, -0.2) is 19.9 Å². The van der Waals surface area contributed by atoms with Gasteiger partial charge in [-0.3, -0.25) is 4.57 Å². The zero-order valence-electron chi connectivity index (χ0n) is 54.9. The minimum absolute atomic E-state index is 0.266. The molecule has 22 rings (SSSR count). The van der Waals surface area contributed by atoms with Crippen LogP contribution in [0, 0.1) is 0 Å². The Balaban J connectivity index is 0.000000115. The average Bonchev–Trinajstić information content (AvgIpc) is 1.50. The number of nitrogens with one attached hydrogen (secondary N) is 1. The Morgan fingerprint density at radius 2 is 0.631 bits per heavy atom. The van der Waals surface area contributed by atoms with Crippen LogP contribution in [0.2, 0.25) is 5.28 Å². The van der Waals surface area contributed by atoms with E-state index in [1.165, 1.54) is 105 Å². The molecule has 14 aromatic carbocycles. The molecule has 0 bridgehead atoms. The highest BCUT2D eigenvalue weighted by Crippen LogP contribution is 2.46. The third-order valence-corrected chi connectivity index (χ3v) is 24.4. The molecule has 103 heavy (non-hydrogen) atoms. The Labute approximate surface area is 612 Å². The summed E-state index contributed by atoms with van der Waals surface area (Å²) < 4.78 is 12.1. The quantitative estimate of drug-likeness (QED) is 0.161. The highest BCUT2D eigenvalue weighted by molar-refractivity contribution is 7.27. The normalized spacial score (nSPS) is 11.7. The van der Waals surface area contributed by atoms with Gasteiger partial charge in [0.25, 0.3) is 0 Å². The van der Waals surface area contributed by atoms with E-state index >= 15 is 0 Å². The van der Waals surface area contributed by atoms with E-state index in [1.807, 2.05) is 40.9 Å². The largest absolute Gasteiger partial charge is 0.354 e. The van der Waals surface area contributed by atoms with Crippen molar-refractivity contribution in [1.29, 1.82) is 0 Å². The van der Waals surface area contributed by atoms with Crippen molar-refractivity contribution in [2.75, 3.05) is 0 Å². The molecule has 0 saturated carbocycles. The number of halogens is 1. The number of thiophene rings is 4. The molecule has 11 heteroatoms. The van der Waals surface area contributed by atoms with E-state index in [-0.39, 0.29) is 5.28 Å². The predicted molar refractivity (Wildman–Crippen MR) is 443 cm³/mol. The second kappa shape index (κ2) is 25.3. The lowest BCUT2D eigenvalue weighted by Crippen LogP contribution is -2.03. The van der Waals surface area contributed by atoms with Crippen molar-refractivity contribution < 1.29 is 0 Å². The number of benzene rings is 14. The second-order valence-corrected chi connectivity index (χ2v) is 30.4. The molecular weight excluding hydrogens is 1350 g/mol.